The Morgan fingerprint density at radius 1 is 1.20 bits per heavy atom. The van der Waals surface area contributed by atoms with Crippen LogP contribution in [0.3, 0.4) is 0 Å². The quantitative estimate of drug-likeness (QED) is 0.576. The van der Waals surface area contributed by atoms with Crippen molar-refractivity contribution in [1.29, 1.82) is 0 Å². The molecule has 0 aliphatic rings. The van der Waals surface area contributed by atoms with Gasteiger partial charge in [-0.1, -0.05) is 0 Å². The topological polar surface area (TPSA) is 34.1 Å². The minimum atomic E-state index is -4.58. The Morgan fingerprint density at radius 3 is 1.20 bits per heavy atom. The van der Waals surface area contributed by atoms with Crippen LogP contribution in [0, 0.1) is 0 Å². The molecule has 0 saturated carbocycles. The zero-order valence-electron chi connectivity index (χ0n) is 1.98. The summed E-state index contributed by atoms with van der Waals surface area (Å²) in [5, 5.41) is 0. The van der Waals surface area contributed by atoms with E-state index in [-0.39, 0.29) is 0 Å². The SMILES string of the molecule is O=[Te](=O)(Cl)Cl. The Bertz CT molecular complexity index is 90.8. The summed E-state index contributed by atoms with van der Waals surface area (Å²) in [6.45, 7) is 0. The fraction of sp³-hybridized carbons (Fsp3) is 0. The van der Waals surface area contributed by atoms with Crippen molar-refractivity contribution in [2.45, 2.75) is 0 Å². The molecule has 0 bridgehead atoms. The Kier molecular flexibility index (Phi) is 1.92. The average molecular weight is 231 g/mol. The van der Waals surface area contributed by atoms with Gasteiger partial charge in [-0.2, -0.15) is 0 Å². The van der Waals surface area contributed by atoms with Gasteiger partial charge >= 0.3 is 40.0 Å². The van der Waals surface area contributed by atoms with Crippen LogP contribution in [-0.2, 0) is 6.21 Å². The third-order valence-electron chi connectivity index (χ3n) is 0. The summed E-state index contributed by atoms with van der Waals surface area (Å²) in [6.07, 6.45) is 0. The van der Waals surface area contributed by atoms with Gasteiger partial charge in [-0.05, 0) is 0 Å². The van der Waals surface area contributed by atoms with Crippen LogP contribution >= 0.6 is 17.9 Å². The van der Waals surface area contributed by atoms with Crippen LogP contribution in [0.5, 0.6) is 0 Å². The van der Waals surface area contributed by atoms with Crippen LogP contribution in [0.4, 0.5) is 0 Å². The predicted octanol–water partition coefficient (Wildman–Crippen LogP) is 0.761. The second-order valence-electron chi connectivity index (χ2n) is 0.378. The molecule has 5 heavy (non-hydrogen) atoms. The molecular formula is Cl2O2Te. The summed E-state index contributed by atoms with van der Waals surface area (Å²) >= 11 is -4.58. The predicted molar refractivity (Wildman–Crippen MR) is 18.8 cm³/mol. The summed E-state index contributed by atoms with van der Waals surface area (Å²) in [5.41, 5.74) is 0. The molecule has 0 aromatic rings. The zero-order chi connectivity index (χ0) is 4.50. The zero-order valence-corrected chi connectivity index (χ0v) is 5.82. The van der Waals surface area contributed by atoms with Gasteiger partial charge in [0.1, 0.15) is 0 Å². The van der Waals surface area contributed by atoms with E-state index in [2.05, 4.69) is 17.9 Å². The summed E-state index contributed by atoms with van der Waals surface area (Å²) in [6, 6.07) is 0. The second kappa shape index (κ2) is 1.61. The van der Waals surface area contributed by atoms with E-state index in [9.17, 15) is 6.21 Å². The number of rotatable bonds is 0. The van der Waals surface area contributed by atoms with Crippen LogP contribution in [0.1, 0.15) is 0 Å². The van der Waals surface area contributed by atoms with Gasteiger partial charge in [-0.15, -0.1) is 0 Å². The van der Waals surface area contributed by atoms with Gasteiger partial charge in [0, 0.05) is 0 Å². The molecule has 0 aliphatic carbocycles. The van der Waals surface area contributed by atoms with Crippen LogP contribution < -0.4 is 0 Å². The Labute approximate surface area is 40.1 Å². The molecule has 0 fully saturated rings. The van der Waals surface area contributed by atoms with Crippen LogP contribution in [0.15, 0.2) is 0 Å². The van der Waals surface area contributed by atoms with E-state index in [1.807, 2.05) is 0 Å². The molecule has 0 N–H and O–H groups in total. The van der Waals surface area contributed by atoms with Gasteiger partial charge in [0.2, 0.25) is 0 Å². The number of hydrogen-bond acceptors (Lipinski definition) is 2. The van der Waals surface area contributed by atoms with Crippen LogP contribution in [0.25, 0.3) is 0 Å². The van der Waals surface area contributed by atoms with E-state index in [0.29, 0.717) is 0 Å². The van der Waals surface area contributed by atoms with Gasteiger partial charge in [0.15, 0.2) is 0 Å². The van der Waals surface area contributed by atoms with E-state index in [0.717, 1.165) is 0 Å². The third-order valence-corrected chi connectivity index (χ3v) is 0. The van der Waals surface area contributed by atoms with Crippen molar-refractivity contribution in [1.82, 2.24) is 0 Å². The van der Waals surface area contributed by atoms with Crippen molar-refractivity contribution < 1.29 is 6.21 Å². The molecule has 0 radical (unpaired) electrons. The van der Waals surface area contributed by atoms with Crippen molar-refractivity contribution in [3.63, 3.8) is 0 Å². The monoisotopic (exact) mass is 232 g/mol. The maximum atomic E-state index is 9.27. The van der Waals surface area contributed by atoms with E-state index in [1.165, 1.54) is 0 Å². The molecule has 0 aliphatic heterocycles. The third kappa shape index (κ3) is 46.6. The molecule has 0 saturated heterocycles. The first-order chi connectivity index (χ1) is 2.00. The molecule has 0 amide bonds. The van der Waals surface area contributed by atoms with E-state index < -0.39 is 15.9 Å². The summed E-state index contributed by atoms with van der Waals surface area (Å²) in [4.78, 5) is 0. The van der Waals surface area contributed by atoms with Gasteiger partial charge in [0.05, 0.1) is 0 Å². The Hall–Kier alpha value is 0.970. The molecule has 0 unspecified atom stereocenters. The van der Waals surface area contributed by atoms with Crippen molar-refractivity contribution in [3.05, 3.63) is 0 Å². The molecule has 0 aromatic heterocycles. The Morgan fingerprint density at radius 2 is 1.20 bits per heavy atom. The summed E-state index contributed by atoms with van der Waals surface area (Å²) in [7, 11) is 8.75. The van der Waals surface area contributed by atoms with Gasteiger partial charge in [-0.25, -0.2) is 0 Å². The van der Waals surface area contributed by atoms with Crippen LogP contribution in [0.2, 0.25) is 0 Å². The molecule has 0 heterocycles. The first kappa shape index (κ1) is 5.97. The standard InChI is InChI=1S/Cl2O2Te/c1-5(2,3)4. The fourth-order valence-corrected chi connectivity index (χ4v) is 0. The van der Waals surface area contributed by atoms with Crippen molar-refractivity contribution >= 4 is 33.8 Å². The number of hydrogen-bond donors (Lipinski definition) is 0. The average Bonchev–Trinajstić information content (AvgIpc) is 0.722. The fourth-order valence-electron chi connectivity index (χ4n) is 0. The molecule has 0 spiro atoms. The molecule has 2 nitrogen and oxygen atoms in total. The molecule has 5 heteroatoms. The van der Waals surface area contributed by atoms with E-state index in [1.54, 1.807) is 0 Å². The first-order valence-corrected chi connectivity index (χ1v) is 8.45. The molecule has 0 rings (SSSR count). The van der Waals surface area contributed by atoms with Gasteiger partial charge < -0.3 is 0 Å². The van der Waals surface area contributed by atoms with Gasteiger partial charge in [-0.3, -0.25) is 0 Å². The number of halogens is 2. The summed E-state index contributed by atoms with van der Waals surface area (Å²) in [5.74, 6) is 0. The first-order valence-electron chi connectivity index (χ1n) is 0.642. The Balaban J connectivity index is 4.06. The van der Waals surface area contributed by atoms with Crippen molar-refractivity contribution in [2.24, 2.45) is 0 Å². The van der Waals surface area contributed by atoms with Gasteiger partial charge in [0.25, 0.3) is 0 Å². The normalized spacial score (nSPS) is 11.6. The molecule has 32 valence electrons. The molecule has 0 aromatic carbocycles. The minimum absolute atomic E-state index is 4.37. The molecular weight excluding hydrogens is 231 g/mol. The van der Waals surface area contributed by atoms with E-state index in [4.69, 9.17) is 0 Å². The second-order valence-corrected chi connectivity index (χ2v) is 9.05. The molecule has 0 atom stereocenters. The van der Waals surface area contributed by atoms with E-state index >= 15 is 0 Å². The van der Waals surface area contributed by atoms with Crippen LogP contribution in [-0.4, -0.2) is 15.9 Å². The van der Waals surface area contributed by atoms with Crippen molar-refractivity contribution in [2.75, 3.05) is 0 Å². The maximum absolute atomic E-state index is 9.27. The van der Waals surface area contributed by atoms with Crippen molar-refractivity contribution in [3.8, 4) is 0 Å². The summed E-state index contributed by atoms with van der Waals surface area (Å²) < 4.78 is 18.5.